The summed E-state index contributed by atoms with van der Waals surface area (Å²) in [4.78, 5) is 5.13. The van der Waals surface area contributed by atoms with Gasteiger partial charge in [0.2, 0.25) is 5.89 Å². The summed E-state index contributed by atoms with van der Waals surface area (Å²) in [6.07, 6.45) is 5.00. The first-order valence-corrected chi connectivity index (χ1v) is 13.4. The molecule has 200 valence electrons. The van der Waals surface area contributed by atoms with Crippen LogP contribution in [0.1, 0.15) is 58.0 Å². The average Bonchev–Trinajstić information content (AvgIpc) is 3.53. The summed E-state index contributed by atoms with van der Waals surface area (Å²) < 4.78 is 28.2. The molecule has 4 aromatic rings. The number of rotatable bonds is 7. The third-order valence-electron chi connectivity index (χ3n) is 6.85. The number of ether oxygens (including phenoxy) is 1. The van der Waals surface area contributed by atoms with E-state index in [1.54, 1.807) is 18.3 Å². The standard InChI is InChI=1S/C27H30ClFN6O2S/c1-26(2,3)35-22(12-15-30-35)32-21-9-4-6-17(31-21)16-27(24-33-34-25(38)37-24)13-10-18(11-14-27)36-20-8-5-7-19(28)23(20)29/h4-9,12,15,18H,10-11,13-14,16H2,1-3H3,(H,31,32)(H,34,38). The summed E-state index contributed by atoms with van der Waals surface area (Å²) in [6.45, 7) is 6.29. The lowest BCUT2D eigenvalue weighted by atomic mass is 9.70. The molecule has 1 aromatic carbocycles. The second-order valence-electron chi connectivity index (χ2n) is 10.7. The SMILES string of the molecule is CC(C)(C)n1nccc1Nc1cccc(CC2(c3n[nH]c(=S)o3)CCC(Oc3cccc(Cl)c3F)CC2)n1. The Kier molecular flexibility index (Phi) is 7.28. The summed E-state index contributed by atoms with van der Waals surface area (Å²) in [7, 11) is 0. The van der Waals surface area contributed by atoms with Crippen LogP contribution in [0, 0.1) is 10.7 Å². The molecule has 0 atom stereocenters. The van der Waals surface area contributed by atoms with Gasteiger partial charge in [0, 0.05) is 18.2 Å². The highest BCUT2D eigenvalue weighted by Gasteiger charge is 2.42. The topological polar surface area (TPSA) is 93.8 Å². The summed E-state index contributed by atoms with van der Waals surface area (Å²) in [5.41, 5.74) is 0.284. The summed E-state index contributed by atoms with van der Waals surface area (Å²) in [6, 6.07) is 12.6. The zero-order valence-electron chi connectivity index (χ0n) is 21.5. The molecule has 3 heterocycles. The van der Waals surface area contributed by atoms with Crippen molar-refractivity contribution in [1.29, 1.82) is 0 Å². The number of pyridine rings is 1. The Morgan fingerprint density at radius 1 is 1.21 bits per heavy atom. The maximum absolute atomic E-state index is 14.4. The number of halogens is 2. The minimum Gasteiger partial charge on any atom is -0.487 e. The number of nitrogens with one attached hydrogen (secondary N) is 2. The van der Waals surface area contributed by atoms with Crippen molar-refractivity contribution in [3.05, 3.63) is 75.9 Å². The van der Waals surface area contributed by atoms with Crippen LogP contribution in [-0.4, -0.2) is 31.1 Å². The third kappa shape index (κ3) is 5.61. The fourth-order valence-corrected chi connectivity index (χ4v) is 5.29. The monoisotopic (exact) mass is 556 g/mol. The smallest absolute Gasteiger partial charge is 0.284 e. The fourth-order valence-electron chi connectivity index (χ4n) is 5.00. The molecular weight excluding hydrogens is 527 g/mol. The van der Waals surface area contributed by atoms with Gasteiger partial charge in [-0.05, 0) is 82.9 Å². The lowest BCUT2D eigenvalue weighted by Crippen LogP contribution is -2.38. The number of hydrogen-bond acceptors (Lipinski definition) is 7. The van der Waals surface area contributed by atoms with Crippen molar-refractivity contribution in [1.82, 2.24) is 25.0 Å². The first kappa shape index (κ1) is 26.4. The second kappa shape index (κ2) is 10.5. The molecule has 8 nitrogen and oxygen atoms in total. The van der Waals surface area contributed by atoms with E-state index in [1.165, 1.54) is 6.07 Å². The molecule has 1 aliphatic rings. The van der Waals surface area contributed by atoms with Crippen LogP contribution in [0.4, 0.5) is 16.0 Å². The minimum atomic E-state index is -0.537. The Morgan fingerprint density at radius 3 is 2.68 bits per heavy atom. The Balaban J connectivity index is 1.36. The van der Waals surface area contributed by atoms with Crippen molar-refractivity contribution >= 4 is 35.5 Å². The van der Waals surface area contributed by atoms with Crippen molar-refractivity contribution in [2.45, 2.75) is 69.9 Å². The molecule has 11 heteroatoms. The van der Waals surface area contributed by atoms with Gasteiger partial charge in [-0.15, -0.1) is 5.10 Å². The first-order valence-electron chi connectivity index (χ1n) is 12.6. The van der Waals surface area contributed by atoms with Gasteiger partial charge in [-0.2, -0.15) is 5.10 Å². The summed E-state index contributed by atoms with van der Waals surface area (Å²) in [5.74, 6) is 1.77. The molecule has 3 aromatic heterocycles. The molecule has 0 radical (unpaired) electrons. The lowest BCUT2D eigenvalue weighted by Gasteiger charge is -2.37. The van der Waals surface area contributed by atoms with Gasteiger partial charge in [0.1, 0.15) is 11.6 Å². The highest BCUT2D eigenvalue weighted by molar-refractivity contribution is 7.71. The van der Waals surface area contributed by atoms with Crippen LogP contribution in [0.15, 0.2) is 53.1 Å². The van der Waals surface area contributed by atoms with E-state index in [0.29, 0.717) is 38.0 Å². The fraction of sp³-hybridized carbons (Fsp3) is 0.407. The first-order chi connectivity index (χ1) is 18.1. The molecule has 0 amide bonds. The zero-order chi connectivity index (χ0) is 26.9. The third-order valence-corrected chi connectivity index (χ3v) is 7.32. The molecule has 2 N–H and O–H groups in total. The van der Waals surface area contributed by atoms with E-state index in [-0.39, 0.29) is 27.3 Å². The average molecular weight is 557 g/mol. The molecule has 0 unspecified atom stereocenters. The molecule has 0 bridgehead atoms. The Morgan fingerprint density at radius 2 is 1.97 bits per heavy atom. The normalized spacial score (nSPS) is 19.9. The highest BCUT2D eigenvalue weighted by atomic mass is 35.5. The van der Waals surface area contributed by atoms with E-state index < -0.39 is 11.2 Å². The van der Waals surface area contributed by atoms with Crippen LogP contribution in [0.3, 0.4) is 0 Å². The van der Waals surface area contributed by atoms with Gasteiger partial charge < -0.3 is 14.5 Å². The zero-order valence-corrected chi connectivity index (χ0v) is 23.1. The highest BCUT2D eigenvalue weighted by Crippen LogP contribution is 2.42. The summed E-state index contributed by atoms with van der Waals surface area (Å²) in [5, 5.41) is 15.1. The number of H-pyrrole nitrogens is 1. The van der Waals surface area contributed by atoms with Crippen molar-refractivity contribution in [2.24, 2.45) is 0 Å². The van der Waals surface area contributed by atoms with Crippen LogP contribution in [-0.2, 0) is 17.4 Å². The van der Waals surface area contributed by atoms with Gasteiger partial charge >= 0.3 is 0 Å². The lowest BCUT2D eigenvalue weighted by molar-refractivity contribution is 0.0993. The summed E-state index contributed by atoms with van der Waals surface area (Å²) >= 11 is 11.1. The Bertz CT molecular complexity index is 1470. The van der Waals surface area contributed by atoms with Crippen LogP contribution in [0.5, 0.6) is 5.75 Å². The molecule has 5 rings (SSSR count). The van der Waals surface area contributed by atoms with Crippen molar-refractivity contribution in [3.63, 3.8) is 0 Å². The quantitative estimate of drug-likeness (QED) is 0.234. The number of benzene rings is 1. The van der Waals surface area contributed by atoms with Gasteiger partial charge in [0.05, 0.1) is 28.3 Å². The van der Waals surface area contributed by atoms with Crippen LogP contribution >= 0.6 is 23.8 Å². The molecule has 1 saturated carbocycles. The van der Waals surface area contributed by atoms with E-state index >= 15 is 0 Å². The number of hydrogen-bond donors (Lipinski definition) is 2. The molecular formula is C27H30ClFN6O2S. The van der Waals surface area contributed by atoms with Gasteiger partial charge in [0.15, 0.2) is 11.6 Å². The largest absolute Gasteiger partial charge is 0.487 e. The van der Waals surface area contributed by atoms with Gasteiger partial charge in [-0.3, -0.25) is 0 Å². The van der Waals surface area contributed by atoms with E-state index in [2.05, 4.69) is 41.4 Å². The van der Waals surface area contributed by atoms with E-state index in [9.17, 15) is 4.39 Å². The van der Waals surface area contributed by atoms with Gasteiger partial charge in [-0.1, -0.05) is 23.7 Å². The van der Waals surface area contributed by atoms with Crippen LogP contribution < -0.4 is 10.1 Å². The van der Waals surface area contributed by atoms with Crippen molar-refractivity contribution in [2.75, 3.05) is 5.32 Å². The number of aromatic amines is 1. The second-order valence-corrected chi connectivity index (χ2v) is 11.5. The maximum Gasteiger partial charge on any atom is 0.284 e. The molecule has 0 spiro atoms. The number of anilines is 2. The van der Waals surface area contributed by atoms with E-state index in [0.717, 1.165) is 17.3 Å². The van der Waals surface area contributed by atoms with Crippen LogP contribution in [0.2, 0.25) is 5.02 Å². The van der Waals surface area contributed by atoms with Crippen molar-refractivity contribution < 1.29 is 13.5 Å². The van der Waals surface area contributed by atoms with Gasteiger partial charge in [0.25, 0.3) is 4.84 Å². The molecule has 1 fully saturated rings. The molecule has 0 aliphatic heterocycles. The predicted octanol–water partition coefficient (Wildman–Crippen LogP) is 7.12. The van der Waals surface area contributed by atoms with E-state index in [1.807, 2.05) is 28.9 Å². The number of aromatic nitrogens is 5. The Hall–Kier alpha value is -3.24. The minimum absolute atomic E-state index is 0.0473. The maximum atomic E-state index is 14.4. The van der Waals surface area contributed by atoms with Crippen LogP contribution in [0.25, 0.3) is 0 Å². The van der Waals surface area contributed by atoms with E-state index in [4.69, 9.17) is 38.0 Å². The van der Waals surface area contributed by atoms with Crippen molar-refractivity contribution in [3.8, 4) is 5.75 Å². The molecule has 0 saturated heterocycles. The number of nitrogens with zero attached hydrogens (tertiary/aromatic N) is 4. The molecule has 1 aliphatic carbocycles. The molecule has 38 heavy (non-hydrogen) atoms. The Labute approximate surface area is 230 Å². The predicted molar refractivity (Wildman–Crippen MR) is 146 cm³/mol. The van der Waals surface area contributed by atoms with Gasteiger partial charge in [-0.25, -0.2) is 19.2 Å².